The van der Waals surface area contributed by atoms with Crippen molar-refractivity contribution < 1.29 is 23.9 Å². The number of ether oxygens (including phenoxy) is 1. The molecule has 34 heavy (non-hydrogen) atoms. The van der Waals surface area contributed by atoms with E-state index in [1.165, 1.54) is 18.2 Å². The van der Waals surface area contributed by atoms with Gasteiger partial charge in [-0.1, -0.05) is 39.8 Å². The highest BCUT2D eigenvalue weighted by molar-refractivity contribution is 6.35. The third-order valence-corrected chi connectivity index (χ3v) is 5.58. The van der Waals surface area contributed by atoms with E-state index in [1.807, 2.05) is 53.7 Å². The summed E-state index contributed by atoms with van der Waals surface area (Å²) in [5, 5.41) is 0. The van der Waals surface area contributed by atoms with E-state index in [2.05, 4.69) is 0 Å². The summed E-state index contributed by atoms with van der Waals surface area (Å²) < 4.78 is 5.26. The molecule has 7 heteroatoms. The minimum absolute atomic E-state index is 0.120. The van der Waals surface area contributed by atoms with Crippen LogP contribution in [-0.2, 0) is 9.53 Å². The van der Waals surface area contributed by atoms with Crippen molar-refractivity contribution in [3.63, 3.8) is 0 Å². The number of carbonyl (C=O) groups is 4. The van der Waals surface area contributed by atoms with Gasteiger partial charge in [0.25, 0.3) is 17.7 Å². The summed E-state index contributed by atoms with van der Waals surface area (Å²) in [6, 6.07) is 9.84. The Morgan fingerprint density at radius 3 is 2.12 bits per heavy atom. The fourth-order valence-corrected chi connectivity index (χ4v) is 4.01. The standard InChI is InChI=1S/C27H32N2O5/c1-16(2)13-28(14-17(3)4)24(30)15-34-27(33)20-9-10-21-22(12-20)26(32)29(25(21)31)23-11-18(5)7-8-19(23)6/h7-12,16-17H,13-15H2,1-6H3. The van der Waals surface area contributed by atoms with Crippen molar-refractivity contribution in [2.45, 2.75) is 41.5 Å². The van der Waals surface area contributed by atoms with Gasteiger partial charge in [-0.25, -0.2) is 9.69 Å². The Hall–Kier alpha value is -3.48. The molecule has 2 aromatic rings. The smallest absolute Gasteiger partial charge is 0.338 e. The number of amides is 3. The summed E-state index contributed by atoms with van der Waals surface area (Å²) in [5.74, 6) is -1.31. The lowest BCUT2D eigenvalue weighted by molar-refractivity contribution is -0.135. The maximum Gasteiger partial charge on any atom is 0.338 e. The number of nitrogens with zero attached hydrogens (tertiary/aromatic N) is 2. The molecule has 0 N–H and O–H groups in total. The van der Waals surface area contributed by atoms with Gasteiger partial charge in [0.1, 0.15) is 0 Å². The van der Waals surface area contributed by atoms with Gasteiger partial charge in [0, 0.05) is 13.1 Å². The predicted octanol–water partition coefficient (Wildman–Crippen LogP) is 4.40. The van der Waals surface area contributed by atoms with Gasteiger partial charge >= 0.3 is 5.97 Å². The fraction of sp³-hybridized carbons (Fsp3) is 0.407. The van der Waals surface area contributed by atoms with Crippen LogP contribution in [0.1, 0.15) is 69.9 Å². The number of fused-ring (bicyclic) bond motifs is 1. The first-order chi connectivity index (χ1) is 16.0. The van der Waals surface area contributed by atoms with E-state index in [-0.39, 0.29) is 29.2 Å². The molecule has 3 amide bonds. The Morgan fingerprint density at radius 2 is 1.50 bits per heavy atom. The number of rotatable bonds is 8. The Balaban J connectivity index is 1.76. The molecule has 1 heterocycles. The van der Waals surface area contributed by atoms with Gasteiger partial charge in [-0.3, -0.25) is 14.4 Å². The van der Waals surface area contributed by atoms with Crippen molar-refractivity contribution >= 4 is 29.4 Å². The molecule has 0 atom stereocenters. The van der Waals surface area contributed by atoms with Gasteiger partial charge in [-0.15, -0.1) is 0 Å². The van der Waals surface area contributed by atoms with E-state index in [0.29, 0.717) is 30.6 Å². The lowest BCUT2D eigenvalue weighted by Gasteiger charge is -2.26. The van der Waals surface area contributed by atoms with Crippen LogP contribution in [0, 0.1) is 25.7 Å². The van der Waals surface area contributed by atoms with Crippen LogP contribution in [0.2, 0.25) is 0 Å². The molecule has 0 bridgehead atoms. The number of hydrogen-bond acceptors (Lipinski definition) is 5. The number of carbonyl (C=O) groups excluding carboxylic acids is 4. The highest BCUT2D eigenvalue weighted by Crippen LogP contribution is 2.31. The van der Waals surface area contributed by atoms with E-state index < -0.39 is 17.8 Å². The Kier molecular flexibility index (Phi) is 7.54. The average molecular weight is 465 g/mol. The molecule has 0 radical (unpaired) electrons. The van der Waals surface area contributed by atoms with Crippen molar-refractivity contribution in [2.75, 3.05) is 24.6 Å². The molecule has 3 rings (SSSR count). The van der Waals surface area contributed by atoms with Crippen molar-refractivity contribution in [2.24, 2.45) is 11.8 Å². The molecule has 0 unspecified atom stereocenters. The quantitative estimate of drug-likeness (QED) is 0.427. The highest BCUT2D eigenvalue weighted by atomic mass is 16.5. The minimum atomic E-state index is -0.712. The molecule has 0 aliphatic carbocycles. The van der Waals surface area contributed by atoms with Crippen molar-refractivity contribution in [3.05, 3.63) is 64.2 Å². The summed E-state index contributed by atoms with van der Waals surface area (Å²) in [5.41, 5.74) is 2.75. The minimum Gasteiger partial charge on any atom is -0.452 e. The van der Waals surface area contributed by atoms with Gasteiger partial charge in [0.15, 0.2) is 6.61 Å². The van der Waals surface area contributed by atoms with E-state index in [1.54, 1.807) is 11.0 Å². The van der Waals surface area contributed by atoms with Crippen molar-refractivity contribution in [1.82, 2.24) is 4.90 Å². The maximum absolute atomic E-state index is 13.1. The van der Waals surface area contributed by atoms with E-state index in [0.717, 1.165) is 16.0 Å². The number of imide groups is 1. The second kappa shape index (κ2) is 10.2. The van der Waals surface area contributed by atoms with E-state index >= 15 is 0 Å². The van der Waals surface area contributed by atoms with Crippen LogP contribution in [0.4, 0.5) is 5.69 Å². The van der Waals surface area contributed by atoms with E-state index in [9.17, 15) is 19.2 Å². The fourth-order valence-electron chi connectivity index (χ4n) is 4.01. The Morgan fingerprint density at radius 1 is 0.882 bits per heavy atom. The molecule has 0 saturated carbocycles. The first-order valence-corrected chi connectivity index (χ1v) is 11.5. The number of aryl methyl sites for hydroxylation is 2. The maximum atomic E-state index is 13.1. The van der Waals surface area contributed by atoms with Gasteiger partial charge in [-0.2, -0.15) is 0 Å². The van der Waals surface area contributed by atoms with Crippen molar-refractivity contribution in [3.8, 4) is 0 Å². The zero-order chi connectivity index (χ0) is 25.2. The second-order valence-electron chi connectivity index (χ2n) is 9.66. The lowest BCUT2D eigenvalue weighted by Crippen LogP contribution is -2.39. The number of hydrogen-bond donors (Lipinski definition) is 0. The third kappa shape index (κ3) is 5.35. The SMILES string of the molecule is Cc1ccc(C)c(N2C(=O)c3ccc(C(=O)OCC(=O)N(CC(C)C)CC(C)C)cc3C2=O)c1. The van der Waals surface area contributed by atoms with Crippen LogP contribution in [0.25, 0.3) is 0 Å². The largest absolute Gasteiger partial charge is 0.452 e. The van der Waals surface area contributed by atoms with E-state index in [4.69, 9.17) is 4.74 Å². The lowest BCUT2D eigenvalue weighted by atomic mass is 10.1. The molecule has 0 spiro atoms. The molecule has 2 aromatic carbocycles. The average Bonchev–Trinajstić information content (AvgIpc) is 3.02. The number of benzene rings is 2. The van der Waals surface area contributed by atoms with Gasteiger partial charge in [0.05, 0.1) is 22.4 Å². The topological polar surface area (TPSA) is 84.0 Å². The zero-order valence-electron chi connectivity index (χ0n) is 20.7. The Labute approximate surface area is 200 Å². The normalized spacial score (nSPS) is 13.0. The molecule has 0 fully saturated rings. The first-order valence-electron chi connectivity index (χ1n) is 11.5. The summed E-state index contributed by atoms with van der Waals surface area (Å²) in [6.07, 6.45) is 0. The molecule has 1 aliphatic rings. The molecule has 180 valence electrons. The monoisotopic (exact) mass is 464 g/mol. The predicted molar refractivity (Wildman–Crippen MR) is 130 cm³/mol. The number of esters is 1. The van der Waals surface area contributed by atoms with Crippen LogP contribution >= 0.6 is 0 Å². The summed E-state index contributed by atoms with van der Waals surface area (Å²) >= 11 is 0. The molecular formula is C27H32N2O5. The highest BCUT2D eigenvalue weighted by Gasteiger charge is 2.38. The van der Waals surface area contributed by atoms with Crippen LogP contribution in [0.15, 0.2) is 36.4 Å². The Bertz CT molecular complexity index is 1130. The van der Waals surface area contributed by atoms with Crippen LogP contribution in [0.3, 0.4) is 0 Å². The van der Waals surface area contributed by atoms with Crippen LogP contribution < -0.4 is 4.90 Å². The van der Waals surface area contributed by atoms with Gasteiger partial charge in [-0.05, 0) is 61.1 Å². The molecule has 0 aromatic heterocycles. The number of anilines is 1. The molecule has 1 aliphatic heterocycles. The third-order valence-electron chi connectivity index (χ3n) is 5.58. The van der Waals surface area contributed by atoms with Crippen LogP contribution in [0.5, 0.6) is 0 Å². The zero-order valence-corrected chi connectivity index (χ0v) is 20.7. The first kappa shape index (κ1) is 25.1. The molecular weight excluding hydrogens is 432 g/mol. The summed E-state index contributed by atoms with van der Waals surface area (Å²) in [6.45, 7) is 12.6. The van der Waals surface area contributed by atoms with Crippen molar-refractivity contribution in [1.29, 1.82) is 0 Å². The second-order valence-corrected chi connectivity index (χ2v) is 9.66. The van der Waals surface area contributed by atoms with Crippen LogP contribution in [-0.4, -0.2) is 48.3 Å². The molecule has 0 saturated heterocycles. The summed E-state index contributed by atoms with van der Waals surface area (Å²) in [4.78, 5) is 54.2. The summed E-state index contributed by atoms with van der Waals surface area (Å²) in [7, 11) is 0. The van der Waals surface area contributed by atoms with Gasteiger partial charge in [0.2, 0.25) is 0 Å². The molecule has 7 nitrogen and oxygen atoms in total. The van der Waals surface area contributed by atoms with Gasteiger partial charge < -0.3 is 9.64 Å².